The smallest absolute Gasteiger partial charge is 0.235 e. The zero-order valence-electron chi connectivity index (χ0n) is 8.84. The van der Waals surface area contributed by atoms with Crippen LogP contribution in [0.5, 0.6) is 17.2 Å². The molecule has 0 saturated heterocycles. The molecule has 0 amide bonds. The monoisotopic (exact) mass is 225 g/mol. The summed E-state index contributed by atoms with van der Waals surface area (Å²) in [6.45, 7) is 0. The summed E-state index contributed by atoms with van der Waals surface area (Å²) in [5, 5.41) is 19.7. The van der Waals surface area contributed by atoms with Gasteiger partial charge in [0.15, 0.2) is 11.5 Å². The average Bonchev–Trinajstić information content (AvgIpc) is 2.25. The molecule has 1 aromatic rings. The molecule has 1 rings (SSSR count). The van der Waals surface area contributed by atoms with E-state index >= 15 is 0 Å². The summed E-state index contributed by atoms with van der Waals surface area (Å²) in [6, 6.07) is 2.87. The molecule has 0 aromatic heterocycles. The van der Waals surface area contributed by atoms with Crippen LogP contribution in [0.3, 0.4) is 0 Å². The summed E-state index contributed by atoms with van der Waals surface area (Å²) in [5.74, 6) is 0.371. The fourth-order valence-corrected chi connectivity index (χ4v) is 1.21. The summed E-state index contributed by atoms with van der Waals surface area (Å²) >= 11 is 0. The lowest BCUT2D eigenvalue weighted by atomic mass is 10.2. The van der Waals surface area contributed by atoms with Crippen LogP contribution >= 0.6 is 0 Å². The number of phenolic OH excluding ortho intramolecular Hbond substituents is 1. The number of hydrogen-bond acceptors (Lipinski definition) is 5. The maximum atomic E-state index is 10.1. The Morgan fingerprint density at radius 3 is 2.56 bits per heavy atom. The summed E-state index contributed by atoms with van der Waals surface area (Å²) in [6.07, 6.45) is 2.03. The van der Waals surface area contributed by atoms with E-state index in [0.29, 0.717) is 11.3 Å². The number of nitrogens with zero attached hydrogens (tertiary/aromatic N) is 1. The minimum atomic E-state index is -0.590. The number of aromatic hydroxyl groups is 1. The van der Waals surface area contributed by atoms with Gasteiger partial charge in [0.25, 0.3) is 0 Å². The minimum Gasteiger partial charge on any atom is -0.504 e. The molecule has 0 radical (unpaired) electrons. The maximum absolute atomic E-state index is 10.1. The normalized spacial score (nSPS) is 10.4. The first-order chi connectivity index (χ1) is 7.58. The molecule has 0 aliphatic rings. The van der Waals surface area contributed by atoms with Gasteiger partial charge in [-0.1, -0.05) is 0 Å². The third kappa shape index (κ3) is 2.63. The van der Waals surface area contributed by atoms with E-state index in [1.165, 1.54) is 32.4 Å². The van der Waals surface area contributed by atoms with Gasteiger partial charge in [0.1, 0.15) is 0 Å². The molecule has 0 unspecified atom stereocenters. The van der Waals surface area contributed by atoms with E-state index in [4.69, 9.17) is 9.47 Å². The van der Waals surface area contributed by atoms with Crippen LogP contribution in [0, 0.1) is 10.1 Å². The van der Waals surface area contributed by atoms with Gasteiger partial charge in [0.05, 0.1) is 19.1 Å². The second-order valence-electron chi connectivity index (χ2n) is 2.88. The lowest BCUT2D eigenvalue weighted by molar-refractivity contribution is -0.400. The molecule has 0 aliphatic heterocycles. The Balaban J connectivity index is 3.15. The first kappa shape index (κ1) is 11.8. The number of hydrogen-bond donors (Lipinski definition) is 1. The fourth-order valence-electron chi connectivity index (χ4n) is 1.21. The Kier molecular flexibility index (Phi) is 3.71. The zero-order chi connectivity index (χ0) is 12.1. The van der Waals surface area contributed by atoms with Crippen molar-refractivity contribution < 1.29 is 19.5 Å². The minimum absolute atomic E-state index is 0.134. The lowest BCUT2D eigenvalue weighted by Crippen LogP contribution is -1.92. The van der Waals surface area contributed by atoms with Gasteiger partial charge in [-0.2, -0.15) is 0 Å². The third-order valence-electron chi connectivity index (χ3n) is 1.87. The number of rotatable bonds is 4. The second kappa shape index (κ2) is 5.01. The van der Waals surface area contributed by atoms with Crippen LogP contribution in [-0.2, 0) is 0 Å². The molecule has 0 aliphatic carbocycles. The van der Waals surface area contributed by atoms with Crippen molar-refractivity contribution in [2.24, 2.45) is 0 Å². The van der Waals surface area contributed by atoms with Crippen molar-refractivity contribution in [1.82, 2.24) is 0 Å². The van der Waals surface area contributed by atoms with E-state index in [2.05, 4.69) is 0 Å². The topological polar surface area (TPSA) is 81.8 Å². The van der Waals surface area contributed by atoms with Crippen LogP contribution in [0.25, 0.3) is 6.08 Å². The van der Waals surface area contributed by atoms with Gasteiger partial charge in [0.2, 0.25) is 11.9 Å². The summed E-state index contributed by atoms with van der Waals surface area (Å²) in [7, 11) is 2.81. The third-order valence-corrected chi connectivity index (χ3v) is 1.87. The molecule has 0 heterocycles. The van der Waals surface area contributed by atoms with E-state index in [-0.39, 0.29) is 11.5 Å². The quantitative estimate of drug-likeness (QED) is 0.622. The van der Waals surface area contributed by atoms with Crippen LogP contribution < -0.4 is 9.47 Å². The first-order valence-corrected chi connectivity index (χ1v) is 4.35. The van der Waals surface area contributed by atoms with Gasteiger partial charge in [-0.15, -0.1) is 0 Å². The molecule has 0 bridgehead atoms. The van der Waals surface area contributed by atoms with Gasteiger partial charge >= 0.3 is 0 Å². The summed E-state index contributed by atoms with van der Waals surface area (Å²) < 4.78 is 9.89. The number of benzene rings is 1. The van der Waals surface area contributed by atoms with Crippen molar-refractivity contribution in [3.63, 3.8) is 0 Å². The Morgan fingerprint density at radius 2 is 2.06 bits per heavy atom. The van der Waals surface area contributed by atoms with Crippen LogP contribution in [0.2, 0.25) is 0 Å². The molecule has 0 spiro atoms. The molecule has 1 aromatic carbocycles. The zero-order valence-corrected chi connectivity index (χ0v) is 8.84. The van der Waals surface area contributed by atoms with Gasteiger partial charge in [-0.05, 0) is 17.7 Å². The number of methoxy groups -OCH3 is 2. The molecule has 0 fully saturated rings. The molecule has 86 valence electrons. The number of ether oxygens (including phenoxy) is 2. The van der Waals surface area contributed by atoms with Gasteiger partial charge in [-0.25, -0.2) is 0 Å². The SMILES string of the molecule is COc1cc(/C=C/[N+](=O)[O-])cc(O)c1OC. The van der Waals surface area contributed by atoms with Crippen molar-refractivity contribution >= 4 is 6.08 Å². The molecule has 16 heavy (non-hydrogen) atoms. The van der Waals surface area contributed by atoms with Gasteiger partial charge in [0, 0.05) is 6.08 Å². The Bertz CT molecular complexity index is 427. The van der Waals surface area contributed by atoms with Crippen LogP contribution in [-0.4, -0.2) is 24.2 Å². The van der Waals surface area contributed by atoms with Gasteiger partial charge < -0.3 is 14.6 Å². The Hall–Kier alpha value is -2.24. The van der Waals surface area contributed by atoms with Crippen LogP contribution in [0.1, 0.15) is 5.56 Å². The standard InChI is InChI=1S/C10H11NO5/c1-15-9-6-7(3-4-11(13)14)5-8(12)10(9)16-2/h3-6,12H,1-2H3/b4-3+. The van der Waals surface area contributed by atoms with Crippen molar-refractivity contribution in [2.75, 3.05) is 14.2 Å². The first-order valence-electron chi connectivity index (χ1n) is 4.35. The molecule has 1 N–H and O–H groups in total. The van der Waals surface area contributed by atoms with E-state index in [1.807, 2.05) is 0 Å². The van der Waals surface area contributed by atoms with Crippen molar-refractivity contribution in [2.45, 2.75) is 0 Å². The Labute approximate surface area is 91.9 Å². The van der Waals surface area contributed by atoms with Crippen molar-refractivity contribution in [3.8, 4) is 17.2 Å². The predicted octanol–water partition coefficient (Wildman–Crippen LogP) is 1.66. The van der Waals surface area contributed by atoms with Crippen LogP contribution in [0.4, 0.5) is 0 Å². The highest BCUT2D eigenvalue weighted by Crippen LogP contribution is 2.37. The molecule has 0 saturated carbocycles. The maximum Gasteiger partial charge on any atom is 0.235 e. The molecular formula is C10H11NO5. The van der Waals surface area contributed by atoms with Gasteiger partial charge in [-0.3, -0.25) is 10.1 Å². The largest absolute Gasteiger partial charge is 0.504 e. The molecular weight excluding hydrogens is 214 g/mol. The number of nitro groups is 1. The predicted molar refractivity (Wildman–Crippen MR) is 57.2 cm³/mol. The average molecular weight is 225 g/mol. The Morgan fingerprint density at radius 1 is 1.38 bits per heavy atom. The van der Waals surface area contributed by atoms with Crippen molar-refractivity contribution in [1.29, 1.82) is 0 Å². The highest BCUT2D eigenvalue weighted by Gasteiger charge is 2.10. The van der Waals surface area contributed by atoms with E-state index in [0.717, 1.165) is 6.20 Å². The van der Waals surface area contributed by atoms with Crippen molar-refractivity contribution in [3.05, 3.63) is 34.0 Å². The molecule has 6 heteroatoms. The van der Waals surface area contributed by atoms with E-state index < -0.39 is 4.92 Å². The molecule has 0 atom stereocenters. The summed E-state index contributed by atoms with van der Waals surface area (Å²) in [5.41, 5.74) is 0.451. The second-order valence-corrected chi connectivity index (χ2v) is 2.88. The highest BCUT2D eigenvalue weighted by molar-refractivity contribution is 5.61. The summed E-state index contributed by atoms with van der Waals surface area (Å²) in [4.78, 5) is 9.55. The molecule has 6 nitrogen and oxygen atoms in total. The lowest BCUT2D eigenvalue weighted by Gasteiger charge is -2.09. The highest BCUT2D eigenvalue weighted by atomic mass is 16.6. The number of phenols is 1. The fraction of sp³-hybridized carbons (Fsp3) is 0.200. The van der Waals surface area contributed by atoms with E-state index in [1.54, 1.807) is 0 Å². The van der Waals surface area contributed by atoms with Crippen LogP contribution in [0.15, 0.2) is 18.3 Å². The van der Waals surface area contributed by atoms with E-state index in [9.17, 15) is 15.2 Å².